The average Bonchev–Trinajstić information content (AvgIpc) is 3.02. The van der Waals surface area contributed by atoms with Gasteiger partial charge in [-0.15, -0.1) is 0 Å². The molecule has 3 aromatic rings. The lowest BCUT2D eigenvalue weighted by Crippen LogP contribution is -2.42. The first kappa shape index (κ1) is 17.5. The number of halogens is 1. The molecule has 0 bridgehead atoms. The van der Waals surface area contributed by atoms with Crippen LogP contribution in [0.3, 0.4) is 0 Å². The summed E-state index contributed by atoms with van der Waals surface area (Å²) < 4.78 is 18.5. The molecule has 0 saturated heterocycles. The zero-order chi connectivity index (χ0) is 18.5. The van der Waals surface area contributed by atoms with Crippen molar-refractivity contribution in [1.82, 2.24) is 10.3 Å². The Morgan fingerprint density at radius 1 is 1.19 bits per heavy atom. The fourth-order valence-electron chi connectivity index (χ4n) is 2.65. The molecule has 134 valence electrons. The number of aromatic nitrogens is 1. The van der Waals surface area contributed by atoms with E-state index in [0.717, 1.165) is 5.56 Å². The normalized spacial score (nSPS) is 11.9. The predicted octanol–water partition coefficient (Wildman–Crippen LogP) is 3.23. The molecule has 2 aromatic carbocycles. The van der Waals surface area contributed by atoms with E-state index in [1.807, 2.05) is 18.2 Å². The number of ether oxygens (including phenoxy) is 1. The Balaban J connectivity index is 1.66. The summed E-state index contributed by atoms with van der Waals surface area (Å²) in [4.78, 5) is 26.4. The topological polar surface area (TPSA) is 91.4 Å². The van der Waals surface area contributed by atoms with Crippen LogP contribution in [0.4, 0.5) is 9.18 Å². The Kier molecular flexibility index (Phi) is 5.17. The molecule has 0 spiro atoms. The quantitative estimate of drug-likeness (QED) is 0.632. The molecule has 1 aromatic heterocycles. The smallest absolute Gasteiger partial charge is 0.408 e. The highest BCUT2D eigenvalue weighted by atomic mass is 19.1. The first-order chi connectivity index (χ1) is 12.5. The number of amides is 1. The van der Waals surface area contributed by atoms with Crippen molar-refractivity contribution in [1.29, 1.82) is 0 Å². The number of carboxylic acids is 1. The minimum Gasteiger partial charge on any atom is -0.480 e. The summed E-state index contributed by atoms with van der Waals surface area (Å²) in [5, 5.41) is 12.3. The SMILES string of the molecule is O=C(N[C@@H](Cc1c[nH]c2ccc(F)cc12)C(=O)O)OCc1ccccc1. The van der Waals surface area contributed by atoms with Crippen molar-refractivity contribution in [2.75, 3.05) is 0 Å². The Bertz CT molecular complexity index is 924. The largest absolute Gasteiger partial charge is 0.480 e. The van der Waals surface area contributed by atoms with E-state index in [0.29, 0.717) is 16.5 Å². The van der Waals surface area contributed by atoms with E-state index in [-0.39, 0.29) is 13.0 Å². The lowest BCUT2D eigenvalue weighted by molar-refractivity contribution is -0.139. The van der Waals surface area contributed by atoms with Gasteiger partial charge in [0.05, 0.1) is 0 Å². The third-order valence-electron chi connectivity index (χ3n) is 3.96. The molecule has 0 aliphatic carbocycles. The van der Waals surface area contributed by atoms with Gasteiger partial charge in [0, 0.05) is 23.5 Å². The second-order valence-corrected chi connectivity index (χ2v) is 5.80. The van der Waals surface area contributed by atoms with Crippen molar-refractivity contribution in [3.05, 3.63) is 71.7 Å². The van der Waals surface area contributed by atoms with E-state index >= 15 is 0 Å². The number of carbonyl (C=O) groups excluding carboxylic acids is 1. The molecule has 7 heteroatoms. The zero-order valence-electron chi connectivity index (χ0n) is 13.7. The highest BCUT2D eigenvalue weighted by molar-refractivity contribution is 5.85. The molecule has 1 atom stereocenters. The molecule has 0 radical (unpaired) electrons. The van der Waals surface area contributed by atoms with Crippen LogP contribution < -0.4 is 5.32 Å². The number of nitrogens with one attached hydrogen (secondary N) is 2. The molecular weight excluding hydrogens is 339 g/mol. The zero-order valence-corrected chi connectivity index (χ0v) is 13.7. The summed E-state index contributed by atoms with van der Waals surface area (Å²) in [6.07, 6.45) is 0.781. The van der Waals surface area contributed by atoms with Gasteiger partial charge >= 0.3 is 12.1 Å². The number of H-pyrrole nitrogens is 1. The molecule has 6 nitrogen and oxygen atoms in total. The second kappa shape index (κ2) is 7.69. The average molecular weight is 356 g/mol. The number of benzene rings is 2. The van der Waals surface area contributed by atoms with Gasteiger partial charge in [0.2, 0.25) is 0 Å². The summed E-state index contributed by atoms with van der Waals surface area (Å²) in [6.45, 7) is 0.0390. The van der Waals surface area contributed by atoms with Gasteiger partial charge in [-0.3, -0.25) is 0 Å². The maximum atomic E-state index is 13.4. The van der Waals surface area contributed by atoms with Crippen LogP contribution in [0.2, 0.25) is 0 Å². The molecule has 0 aliphatic heterocycles. The summed E-state index contributed by atoms with van der Waals surface area (Å²) in [5.74, 6) is -1.62. The molecule has 3 rings (SSSR count). The maximum Gasteiger partial charge on any atom is 0.408 e. The first-order valence-corrected chi connectivity index (χ1v) is 7.98. The van der Waals surface area contributed by atoms with Gasteiger partial charge < -0.3 is 20.1 Å². The molecule has 0 unspecified atom stereocenters. The number of hydrogen-bond acceptors (Lipinski definition) is 3. The van der Waals surface area contributed by atoms with Crippen molar-refractivity contribution in [3.8, 4) is 0 Å². The predicted molar refractivity (Wildman–Crippen MR) is 93.1 cm³/mol. The third-order valence-corrected chi connectivity index (χ3v) is 3.96. The molecule has 0 saturated carbocycles. The first-order valence-electron chi connectivity index (χ1n) is 7.98. The van der Waals surface area contributed by atoms with E-state index < -0.39 is 23.9 Å². The van der Waals surface area contributed by atoms with Gasteiger partial charge in [-0.05, 0) is 29.3 Å². The number of alkyl carbamates (subject to hydrolysis) is 1. The van der Waals surface area contributed by atoms with Crippen LogP contribution in [-0.2, 0) is 22.6 Å². The van der Waals surface area contributed by atoms with Crippen LogP contribution in [-0.4, -0.2) is 28.2 Å². The molecule has 0 aliphatic rings. The van der Waals surface area contributed by atoms with Crippen molar-refractivity contribution in [3.63, 3.8) is 0 Å². The number of carboxylic acid groups (broad SMARTS) is 1. The van der Waals surface area contributed by atoms with Crippen molar-refractivity contribution < 1.29 is 23.8 Å². The second-order valence-electron chi connectivity index (χ2n) is 5.80. The van der Waals surface area contributed by atoms with Gasteiger partial charge in [0.1, 0.15) is 18.5 Å². The molecule has 0 fully saturated rings. The van der Waals surface area contributed by atoms with Crippen molar-refractivity contribution >= 4 is 23.0 Å². The van der Waals surface area contributed by atoms with Gasteiger partial charge in [0.15, 0.2) is 0 Å². The van der Waals surface area contributed by atoms with Crippen LogP contribution in [0.25, 0.3) is 10.9 Å². The number of carbonyl (C=O) groups is 2. The minimum absolute atomic E-state index is 0.000770. The Hall–Kier alpha value is -3.35. The number of rotatable bonds is 6. The highest BCUT2D eigenvalue weighted by Crippen LogP contribution is 2.20. The number of fused-ring (bicyclic) bond motifs is 1. The summed E-state index contributed by atoms with van der Waals surface area (Å²) in [5.41, 5.74) is 2.08. The van der Waals surface area contributed by atoms with E-state index in [4.69, 9.17) is 4.74 Å². The van der Waals surface area contributed by atoms with Gasteiger partial charge in [-0.2, -0.15) is 0 Å². The van der Waals surface area contributed by atoms with Crippen molar-refractivity contribution in [2.45, 2.75) is 19.1 Å². The Morgan fingerprint density at radius 2 is 1.96 bits per heavy atom. The highest BCUT2D eigenvalue weighted by Gasteiger charge is 2.22. The summed E-state index contributed by atoms with van der Waals surface area (Å²) in [7, 11) is 0. The number of hydrogen-bond donors (Lipinski definition) is 3. The van der Waals surface area contributed by atoms with Gasteiger partial charge in [0.25, 0.3) is 0 Å². The summed E-state index contributed by atoms with van der Waals surface area (Å²) >= 11 is 0. The summed E-state index contributed by atoms with van der Waals surface area (Å²) in [6, 6.07) is 12.1. The fraction of sp³-hybridized carbons (Fsp3) is 0.158. The molecular formula is C19H17FN2O4. The van der Waals surface area contributed by atoms with E-state index in [2.05, 4.69) is 10.3 Å². The lowest BCUT2D eigenvalue weighted by Gasteiger charge is -2.14. The van der Waals surface area contributed by atoms with Crippen LogP contribution in [0.15, 0.2) is 54.7 Å². The third kappa shape index (κ3) is 4.18. The molecule has 26 heavy (non-hydrogen) atoms. The van der Waals surface area contributed by atoms with Gasteiger partial charge in [-0.1, -0.05) is 30.3 Å². The van der Waals surface area contributed by atoms with Crippen LogP contribution in [0, 0.1) is 5.82 Å². The standard InChI is InChI=1S/C19H17FN2O4/c20-14-6-7-16-15(9-14)13(10-21-16)8-17(18(23)24)22-19(25)26-11-12-4-2-1-3-5-12/h1-7,9-10,17,21H,8,11H2,(H,22,25)(H,23,24)/t17-/m0/s1. The Labute approximate surface area is 148 Å². The van der Waals surface area contributed by atoms with E-state index in [1.165, 1.54) is 12.1 Å². The molecule has 1 heterocycles. The fourth-order valence-corrected chi connectivity index (χ4v) is 2.65. The number of aromatic amines is 1. The van der Waals surface area contributed by atoms with Crippen LogP contribution in [0.1, 0.15) is 11.1 Å². The van der Waals surface area contributed by atoms with Gasteiger partial charge in [-0.25, -0.2) is 14.0 Å². The Morgan fingerprint density at radius 3 is 2.69 bits per heavy atom. The molecule has 3 N–H and O–H groups in total. The van der Waals surface area contributed by atoms with E-state index in [9.17, 15) is 19.1 Å². The number of aliphatic carboxylic acids is 1. The monoisotopic (exact) mass is 356 g/mol. The lowest BCUT2D eigenvalue weighted by atomic mass is 10.1. The van der Waals surface area contributed by atoms with Crippen molar-refractivity contribution in [2.24, 2.45) is 0 Å². The maximum absolute atomic E-state index is 13.4. The minimum atomic E-state index is -1.20. The van der Waals surface area contributed by atoms with Crippen LogP contribution in [0.5, 0.6) is 0 Å². The molecule has 1 amide bonds. The van der Waals surface area contributed by atoms with Crippen LogP contribution >= 0.6 is 0 Å². The van der Waals surface area contributed by atoms with E-state index in [1.54, 1.807) is 24.4 Å².